The zero-order chi connectivity index (χ0) is 22.5. The number of carbonyl (C=O) groups excluding carboxylic acids is 1. The number of aliphatic hydroxyl groups excluding tert-OH is 4. The van der Waals surface area contributed by atoms with Gasteiger partial charge in [0.15, 0.2) is 5.78 Å². The number of hydrogen-bond acceptors (Lipinski definition) is 7. The van der Waals surface area contributed by atoms with E-state index in [1.807, 2.05) is 13.8 Å². The van der Waals surface area contributed by atoms with Crippen LogP contribution in [0.15, 0.2) is 36.4 Å². The Morgan fingerprint density at radius 2 is 1.84 bits per heavy atom. The van der Waals surface area contributed by atoms with Gasteiger partial charge in [-0.3, -0.25) is 4.79 Å². The van der Waals surface area contributed by atoms with Crippen molar-refractivity contribution in [1.29, 1.82) is 0 Å². The minimum absolute atomic E-state index is 0.112. The summed E-state index contributed by atoms with van der Waals surface area (Å²) in [5.41, 5.74) is 8.99. The molecule has 0 saturated heterocycles. The average Bonchev–Trinajstić information content (AvgIpc) is 3.15. The number of carbonyl (C=O) groups is 1. The molecule has 1 aromatic heterocycles. The highest BCUT2D eigenvalue weighted by molar-refractivity contribution is 6.20. The van der Waals surface area contributed by atoms with Crippen LogP contribution in [0.2, 0.25) is 0 Å². The highest BCUT2D eigenvalue weighted by Crippen LogP contribution is 2.44. The number of nitrogens with one attached hydrogen (secondary N) is 1. The summed E-state index contributed by atoms with van der Waals surface area (Å²) in [7, 11) is 0. The molecule has 0 radical (unpaired) electrons. The fourth-order valence-corrected chi connectivity index (χ4v) is 4.12. The number of ether oxygens (including phenoxy) is 1. The second-order valence-electron chi connectivity index (χ2n) is 8.41. The Balaban J connectivity index is 1.74. The second-order valence-corrected chi connectivity index (χ2v) is 8.41. The maximum atomic E-state index is 13.4. The van der Waals surface area contributed by atoms with Crippen LogP contribution in [0, 0.1) is 0 Å². The number of nitrogens with two attached hydrogens (primary N) is 1. The van der Waals surface area contributed by atoms with Gasteiger partial charge in [0.25, 0.3) is 0 Å². The third-order valence-corrected chi connectivity index (χ3v) is 5.98. The Kier molecular flexibility index (Phi) is 5.36. The van der Waals surface area contributed by atoms with Crippen LogP contribution in [-0.2, 0) is 5.41 Å². The summed E-state index contributed by atoms with van der Waals surface area (Å²) in [5.74, 6) is 0.329. The second kappa shape index (κ2) is 7.74. The summed E-state index contributed by atoms with van der Waals surface area (Å²) < 4.78 is 5.59. The molecule has 0 saturated carbocycles. The summed E-state index contributed by atoms with van der Waals surface area (Å²) >= 11 is 0. The highest BCUT2D eigenvalue weighted by Gasteiger charge is 2.40. The third-order valence-electron chi connectivity index (χ3n) is 5.98. The Morgan fingerprint density at radius 1 is 1.10 bits per heavy atom. The van der Waals surface area contributed by atoms with Gasteiger partial charge in [0.2, 0.25) is 0 Å². The number of aromatic nitrogens is 1. The van der Waals surface area contributed by atoms with Crippen LogP contribution in [0.25, 0.3) is 10.9 Å². The lowest BCUT2D eigenvalue weighted by Crippen LogP contribution is -2.34. The molecule has 1 aliphatic rings. The summed E-state index contributed by atoms with van der Waals surface area (Å²) in [6.07, 6.45) is -3.63. The fourth-order valence-electron chi connectivity index (χ4n) is 4.12. The van der Waals surface area contributed by atoms with Crippen LogP contribution < -0.4 is 10.5 Å². The Bertz CT molecular complexity index is 1150. The van der Waals surface area contributed by atoms with Crippen LogP contribution in [0.3, 0.4) is 0 Å². The number of aliphatic hydroxyl groups is 4. The number of ketones is 1. The number of fused-ring (bicyclic) bond motifs is 4. The molecule has 0 fully saturated rings. The van der Waals surface area contributed by atoms with Crippen LogP contribution in [0.1, 0.15) is 52.8 Å². The summed E-state index contributed by atoms with van der Waals surface area (Å²) in [6, 6.07) is 10.3. The zero-order valence-corrected chi connectivity index (χ0v) is 17.3. The number of hydrogen-bond donors (Lipinski definition) is 6. The van der Waals surface area contributed by atoms with Gasteiger partial charge in [-0.2, -0.15) is 0 Å². The van der Waals surface area contributed by atoms with E-state index in [2.05, 4.69) is 4.98 Å². The van der Waals surface area contributed by atoms with Gasteiger partial charge in [0, 0.05) is 27.6 Å². The lowest BCUT2D eigenvalue weighted by molar-refractivity contribution is -0.0339. The molecule has 2 aromatic carbocycles. The van der Waals surface area contributed by atoms with Crippen molar-refractivity contribution in [1.82, 2.24) is 4.98 Å². The van der Waals surface area contributed by atoms with Crippen molar-refractivity contribution in [3.63, 3.8) is 0 Å². The molecule has 3 aromatic rings. The van der Waals surface area contributed by atoms with E-state index in [0.29, 0.717) is 22.4 Å². The van der Waals surface area contributed by atoms with E-state index < -0.39 is 30.5 Å². The van der Waals surface area contributed by atoms with Crippen molar-refractivity contribution in [2.45, 2.75) is 37.7 Å². The Labute approximate surface area is 178 Å². The molecule has 0 bridgehead atoms. The van der Waals surface area contributed by atoms with Crippen molar-refractivity contribution in [3.8, 4) is 5.75 Å². The minimum atomic E-state index is -1.29. The monoisotopic (exact) mass is 426 g/mol. The molecule has 1 aliphatic carbocycles. The van der Waals surface area contributed by atoms with E-state index in [0.717, 1.165) is 22.2 Å². The largest absolute Gasteiger partial charge is 0.491 e. The molecule has 164 valence electrons. The predicted molar refractivity (Wildman–Crippen MR) is 114 cm³/mol. The van der Waals surface area contributed by atoms with Gasteiger partial charge in [-0.1, -0.05) is 26.0 Å². The van der Waals surface area contributed by atoms with Crippen LogP contribution >= 0.6 is 0 Å². The normalized spacial score (nSPS) is 17.7. The van der Waals surface area contributed by atoms with Gasteiger partial charge in [-0.25, -0.2) is 0 Å². The molecule has 0 amide bonds. The van der Waals surface area contributed by atoms with Gasteiger partial charge in [0.1, 0.15) is 30.8 Å². The minimum Gasteiger partial charge on any atom is -0.491 e. The molecule has 4 rings (SSSR count). The first-order valence-electron chi connectivity index (χ1n) is 10.0. The van der Waals surface area contributed by atoms with E-state index in [1.54, 1.807) is 36.4 Å². The van der Waals surface area contributed by atoms with Crippen LogP contribution in [0.5, 0.6) is 5.75 Å². The van der Waals surface area contributed by atoms with E-state index in [-0.39, 0.29) is 12.4 Å². The molecular weight excluding hydrogens is 400 g/mol. The van der Waals surface area contributed by atoms with Crippen molar-refractivity contribution >= 4 is 16.7 Å². The molecule has 7 N–H and O–H groups in total. The van der Waals surface area contributed by atoms with Gasteiger partial charge >= 0.3 is 0 Å². The average molecular weight is 426 g/mol. The first-order chi connectivity index (χ1) is 14.6. The van der Waals surface area contributed by atoms with Crippen molar-refractivity contribution in [3.05, 3.63) is 64.3 Å². The molecular formula is C23H26N2O6. The van der Waals surface area contributed by atoms with Gasteiger partial charge < -0.3 is 35.9 Å². The Hall–Kier alpha value is -2.75. The zero-order valence-electron chi connectivity index (χ0n) is 17.3. The lowest BCUT2D eigenvalue weighted by atomic mass is 9.71. The van der Waals surface area contributed by atoms with Crippen LogP contribution in [0.4, 0.5) is 0 Å². The molecule has 31 heavy (non-hydrogen) atoms. The van der Waals surface area contributed by atoms with E-state index >= 15 is 0 Å². The first kappa shape index (κ1) is 21.5. The molecule has 1 heterocycles. The predicted octanol–water partition coefficient (Wildman–Crippen LogP) is 1.08. The van der Waals surface area contributed by atoms with E-state index in [9.17, 15) is 20.1 Å². The molecule has 0 spiro atoms. The van der Waals surface area contributed by atoms with Crippen LogP contribution in [-0.4, -0.2) is 56.6 Å². The lowest BCUT2D eigenvalue weighted by Gasteiger charge is -2.32. The first-order valence-corrected chi connectivity index (χ1v) is 10.0. The third kappa shape index (κ3) is 3.52. The van der Waals surface area contributed by atoms with E-state index in [1.165, 1.54) is 0 Å². The molecule has 0 aliphatic heterocycles. The number of H-pyrrole nitrogens is 1. The number of rotatable bonds is 6. The quantitative estimate of drug-likeness (QED) is 0.323. The number of benzene rings is 2. The van der Waals surface area contributed by atoms with Gasteiger partial charge in [-0.05, 0) is 35.4 Å². The molecule has 8 heteroatoms. The standard InChI is InChI=1S/C23H26N2O6/c1-23(2)15-8-12(31-10-18(28)17(27)9-26)4-6-13(15)20(29)19-14-5-3-11(22(24)30)7-16(14)25-21(19)23/h3-8,17-18,22,25-28,30H,9-10,24H2,1-2H3/t17-,18?,22?/m1/s1. The number of aromatic amines is 1. The molecule has 2 unspecified atom stereocenters. The summed E-state index contributed by atoms with van der Waals surface area (Å²) in [6.45, 7) is 3.23. The fraction of sp³-hybridized carbons (Fsp3) is 0.348. The summed E-state index contributed by atoms with van der Waals surface area (Å²) in [4.78, 5) is 16.7. The topological polar surface area (TPSA) is 149 Å². The van der Waals surface area contributed by atoms with Gasteiger partial charge in [0.05, 0.1) is 12.2 Å². The summed E-state index contributed by atoms with van der Waals surface area (Å²) in [5, 5.41) is 38.7. The Morgan fingerprint density at radius 3 is 2.52 bits per heavy atom. The maximum absolute atomic E-state index is 13.4. The molecule has 8 nitrogen and oxygen atoms in total. The smallest absolute Gasteiger partial charge is 0.195 e. The molecule has 3 atom stereocenters. The maximum Gasteiger partial charge on any atom is 0.195 e. The highest BCUT2D eigenvalue weighted by atomic mass is 16.5. The van der Waals surface area contributed by atoms with Gasteiger partial charge in [-0.15, -0.1) is 0 Å². The van der Waals surface area contributed by atoms with E-state index in [4.69, 9.17) is 15.6 Å². The van der Waals surface area contributed by atoms with Crippen molar-refractivity contribution < 1.29 is 30.0 Å². The van der Waals surface area contributed by atoms with Crippen molar-refractivity contribution in [2.75, 3.05) is 13.2 Å². The SMILES string of the molecule is CC1(C)c2cc(OCC(O)[C@H](O)CO)ccc2C(=O)c2c1[nH]c1cc(C(N)O)ccc21. The van der Waals surface area contributed by atoms with Crippen molar-refractivity contribution in [2.24, 2.45) is 5.73 Å².